The molecule has 1 aromatic heterocycles. The molecular formula is C20H19F4N5O2. The number of ether oxygens (including phenoxy) is 2. The van der Waals surface area contributed by atoms with Gasteiger partial charge in [0.25, 0.3) is 0 Å². The zero-order chi connectivity index (χ0) is 22.2. The molecule has 2 aliphatic heterocycles. The zero-order valence-corrected chi connectivity index (χ0v) is 16.7. The average molecular weight is 437 g/mol. The molecule has 31 heavy (non-hydrogen) atoms. The summed E-state index contributed by atoms with van der Waals surface area (Å²) in [6, 6.07) is 4.77. The Balaban J connectivity index is 1.56. The third-order valence-corrected chi connectivity index (χ3v) is 4.81. The maximum Gasteiger partial charge on any atom is 0.573 e. The molecule has 1 unspecified atom stereocenters. The summed E-state index contributed by atoms with van der Waals surface area (Å²) in [6.07, 6.45) is 2.37. The number of hydrogen-bond acceptors (Lipinski definition) is 6. The topological polar surface area (TPSA) is 55.1 Å². The third-order valence-electron chi connectivity index (χ3n) is 4.81. The molecule has 4 rings (SSSR count). The van der Waals surface area contributed by atoms with Gasteiger partial charge in [-0.05, 0) is 35.9 Å². The lowest BCUT2D eigenvalue weighted by Crippen LogP contribution is -2.39. The van der Waals surface area contributed by atoms with Gasteiger partial charge in [-0.1, -0.05) is 6.07 Å². The molecule has 0 aliphatic carbocycles. The van der Waals surface area contributed by atoms with Crippen molar-refractivity contribution in [3.63, 3.8) is 0 Å². The van der Waals surface area contributed by atoms with Crippen LogP contribution in [0.2, 0.25) is 0 Å². The number of nitrogens with zero attached hydrogens (tertiary/aromatic N) is 5. The van der Waals surface area contributed by atoms with Gasteiger partial charge in [-0.2, -0.15) is 5.10 Å². The summed E-state index contributed by atoms with van der Waals surface area (Å²) < 4.78 is 62.3. The summed E-state index contributed by atoms with van der Waals surface area (Å²) in [5.41, 5.74) is 1.87. The van der Waals surface area contributed by atoms with E-state index < -0.39 is 24.0 Å². The molecule has 0 fully saturated rings. The monoisotopic (exact) mass is 437 g/mol. The highest BCUT2D eigenvalue weighted by Gasteiger charge is 2.34. The van der Waals surface area contributed by atoms with Crippen molar-refractivity contribution in [1.29, 1.82) is 0 Å². The maximum atomic E-state index is 14.3. The first-order valence-corrected chi connectivity index (χ1v) is 9.32. The van der Waals surface area contributed by atoms with Crippen LogP contribution in [0.25, 0.3) is 0 Å². The molecule has 0 radical (unpaired) electrons. The largest absolute Gasteiger partial charge is 0.573 e. The molecule has 3 heterocycles. The van der Waals surface area contributed by atoms with Crippen molar-refractivity contribution in [3.05, 3.63) is 71.7 Å². The molecular weight excluding hydrogens is 418 g/mol. The Morgan fingerprint density at radius 3 is 2.68 bits per heavy atom. The van der Waals surface area contributed by atoms with Gasteiger partial charge in [-0.15, -0.1) is 13.2 Å². The minimum absolute atomic E-state index is 0.182. The molecule has 0 N–H and O–H groups in total. The maximum absolute atomic E-state index is 14.3. The van der Waals surface area contributed by atoms with E-state index >= 15 is 0 Å². The summed E-state index contributed by atoms with van der Waals surface area (Å²) in [5.74, 6) is -1.31. The Labute approximate surface area is 175 Å². The summed E-state index contributed by atoms with van der Waals surface area (Å²) >= 11 is 0. The van der Waals surface area contributed by atoms with E-state index in [1.165, 1.54) is 13.2 Å². The zero-order valence-electron chi connectivity index (χ0n) is 16.7. The van der Waals surface area contributed by atoms with Crippen LogP contribution in [0.15, 0.2) is 59.6 Å². The van der Waals surface area contributed by atoms with Crippen molar-refractivity contribution in [2.24, 2.45) is 12.0 Å². The molecule has 2 aliphatic rings. The molecule has 2 aromatic rings. The van der Waals surface area contributed by atoms with Gasteiger partial charge in [0.15, 0.2) is 11.6 Å². The number of aryl methyl sites for hydroxylation is 1. The molecule has 11 heteroatoms. The van der Waals surface area contributed by atoms with Crippen LogP contribution >= 0.6 is 0 Å². The van der Waals surface area contributed by atoms with E-state index in [9.17, 15) is 17.6 Å². The fraction of sp³-hybridized carbons (Fsp3) is 0.300. The first-order chi connectivity index (χ1) is 14.7. The van der Waals surface area contributed by atoms with Gasteiger partial charge in [0.2, 0.25) is 0 Å². The van der Waals surface area contributed by atoms with E-state index in [0.29, 0.717) is 23.6 Å². The Hall–Kier alpha value is -3.18. The van der Waals surface area contributed by atoms with Crippen LogP contribution in [0, 0.1) is 5.82 Å². The van der Waals surface area contributed by atoms with E-state index in [-0.39, 0.29) is 6.61 Å². The van der Waals surface area contributed by atoms with Crippen molar-refractivity contribution in [1.82, 2.24) is 19.8 Å². The van der Waals surface area contributed by atoms with Crippen LogP contribution in [0.4, 0.5) is 17.6 Å². The first-order valence-electron chi connectivity index (χ1n) is 9.32. The van der Waals surface area contributed by atoms with Gasteiger partial charge >= 0.3 is 6.36 Å². The highest BCUT2D eigenvalue weighted by atomic mass is 19.4. The molecule has 164 valence electrons. The van der Waals surface area contributed by atoms with Gasteiger partial charge < -0.3 is 9.47 Å². The Bertz CT molecular complexity index is 1060. The van der Waals surface area contributed by atoms with Crippen LogP contribution in [-0.4, -0.2) is 52.1 Å². The Kier molecular flexibility index (Phi) is 5.54. The highest BCUT2D eigenvalue weighted by Crippen LogP contribution is 2.34. The summed E-state index contributed by atoms with van der Waals surface area (Å²) in [7, 11) is 3.32. The lowest BCUT2D eigenvalue weighted by Gasteiger charge is -2.36. The summed E-state index contributed by atoms with van der Waals surface area (Å²) in [6.45, 7) is 0.635. The Morgan fingerprint density at radius 1 is 1.23 bits per heavy atom. The lowest BCUT2D eigenvalue weighted by atomic mass is 10.1. The second-order valence-electron chi connectivity index (χ2n) is 6.93. The number of alkyl halides is 3. The SMILES string of the molecule is COCC(c1ccc(OC(F)(F)F)c(F)c1)N1CC=C2N=C(c3ccn(C)n3)C=CN21. The van der Waals surface area contributed by atoms with Crippen molar-refractivity contribution in [3.8, 4) is 5.75 Å². The molecule has 0 amide bonds. The van der Waals surface area contributed by atoms with Crippen LogP contribution in [0.5, 0.6) is 5.75 Å². The number of hydrogen-bond donors (Lipinski definition) is 0. The number of benzene rings is 1. The first kappa shape index (κ1) is 21.1. The Morgan fingerprint density at radius 2 is 2.03 bits per heavy atom. The highest BCUT2D eigenvalue weighted by molar-refractivity contribution is 6.08. The number of aromatic nitrogens is 2. The number of methoxy groups -OCH3 is 1. The minimum atomic E-state index is -4.97. The van der Waals surface area contributed by atoms with Crippen molar-refractivity contribution >= 4 is 5.71 Å². The quantitative estimate of drug-likeness (QED) is 0.648. The number of rotatable bonds is 6. The number of aliphatic imine (C=N–C) groups is 1. The van der Waals surface area contributed by atoms with E-state index in [1.54, 1.807) is 9.69 Å². The molecule has 7 nitrogen and oxygen atoms in total. The molecule has 1 aromatic carbocycles. The number of hydrazine groups is 1. The fourth-order valence-corrected chi connectivity index (χ4v) is 3.46. The van der Waals surface area contributed by atoms with Gasteiger partial charge in [0, 0.05) is 33.1 Å². The van der Waals surface area contributed by atoms with Crippen molar-refractivity contribution < 1.29 is 27.0 Å². The number of halogens is 4. The second-order valence-corrected chi connectivity index (χ2v) is 6.93. The molecule has 1 atom stereocenters. The summed E-state index contributed by atoms with van der Waals surface area (Å²) in [4.78, 5) is 4.63. The van der Waals surface area contributed by atoms with Crippen molar-refractivity contribution in [2.75, 3.05) is 20.3 Å². The van der Waals surface area contributed by atoms with Crippen LogP contribution in [0.1, 0.15) is 17.3 Å². The third kappa shape index (κ3) is 4.47. The van der Waals surface area contributed by atoms with Crippen LogP contribution < -0.4 is 4.74 Å². The summed E-state index contributed by atoms with van der Waals surface area (Å²) in [5, 5.41) is 8.03. The van der Waals surface area contributed by atoms with E-state index in [0.717, 1.165) is 17.8 Å². The number of allylic oxidation sites excluding steroid dienone is 1. The van der Waals surface area contributed by atoms with Crippen molar-refractivity contribution in [2.45, 2.75) is 12.4 Å². The number of fused-ring (bicyclic) bond motifs is 1. The molecule has 0 spiro atoms. The van der Waals surface area contributed by atoms with Gasteiger partial charge in [0.05, 0.1) is 18.4 Å². The van der Waals surface area contributed by atoms with E-state index in [2.05, 4.69) is 14.8 Å². The van der Waals surface area contributed by atoms with Crippen LogP contribution in [0.3, 0.4) is 0 Å². The van der Waals surface area contributed by atoms with E-state index in [4.69, 9.17) is 4.74 Å². The molecule has 0 saturated heterocycles. The van der Waals surface area contributed by atoms with Gasteiger partial charge in [-0.25, -0.2) is 14.4 Å². The van der Waals surface area contributed by atoms with E-state index in [1.807, 2.05) is 42.7 Å². The second kappa shape index (κ2) is 8.16. The fourth-order valence-electron chi connectivity index (χ4n) is 3.46. The minimum Gasteiger partial charge on any atom is -0.403 e. The molecule has 0 bridgehead atoms. The predicted molar refractivity (Wildman–Crippen MR) is 103 cm³/mol. The van der Waals surface area contributed by atoms with Crippen LogP contribution in [-0.2, 0) is 11.8 Å². The lowest BCUT2D eigenvalue weighted by molar-refractivity contribution is -0.275. The average Bonchev–Trinajstić information content (AvgIpc) is 3.32. The van der Waals surface area contributed by atoms with Gasteiger partial charge in [-0.3, -0.25) is 9.69 Å². The van der Waals surface area contributed by atoms with Gasteiger partial charge in [0.1, 0.15) is 11.5 Å². The molecule has 0 saturated carbocycles. The smallest absolute Gasteiger partial charge is 0.403 e. The standard InChI is InChI=1S/C20H19F4N5O2/c1-27-8-5-16(26-27)15-6-9-29-19(25-15)7-10-28(29)17(12-30-2)13-3-4-18(14(21)11-13)31-20(22,23)24/h3-9,11,17H,10,12H2,1-2H3. The predicted octanol–water partition coefficient (Wildman–Crippen LogP) is 3.54. The normalized spacial score (nSPS) is 17.4.